The van der Waals surface area contributed by atoms with E-state index in [1.807, 2.05) is 30.3 Å². The minimum Gasteiger partial charge on any atom is -0.423 e. The van der Waals surface area contributed by atoms with Gasteiger partial charge in [0.15, 0.2) is 0 Å². The van der Waals surface area contributed by atoms with Gasteiger partial charge in [0, 0.05) is 20.6 Å². The van der Waals surface area contributed by atoms with Crippen molar-refractivity contribution in [2.45, 2.75) is 0 Å². The highest BCUT2D eigenvalue weighted by Gasteiger charge is 2.37. The second kappa shape index (κ2) is 10.6. The Balaban J connectivity index is 1.64. The number of hydrogen-bond acceptors (Lipinski definition) is 5. The molecule has 1 N–H and O–H groups in total. The van der Waals surface area contributed by atoms with Gasteiger partial charge in [0.25, 0.3) is 11.8 Å². The molecule has 1 heterocycles. The number of anilines is 1. The van der Waals surface area contributed by atoms with E-state index in [1.54, 1.807) is 42.5 Å². The third-order valence-corrected chi connectivity index (χ3v) is 5.90. The number of rotatable bonds is 5. The van der Waals surface area contributed by atoms with Crippen molar-refractivity contribution in [3.8, 4) is 5.75 Å². The fourth-order valence-electron chi connectivity index (χ4n) is 3.23. The number of esters is 1. The summed E-state index contributed by atoms with van der Waals surface area (Å²) in [5.41, 5.74) is 1.12. The van der Waals surface area contributed by atoms with E-state index in [1.165, 1.54) is 18.2 Å². The predicted octanol–water partition coefficient (Wildman–Crippen LogP) is 5.50. The predicted molar refractivity (Wildman–Crippen MR) is 138 cm³/mol. The van der Waals surface area contributed by atoms with Crippen molar-refractivity contribution in [1.29, 1.82) is 0 Å². The Hall–Kier alpha value is -3.82. The highest BCUT2D eigenvalue weighted by atomic mass is 79.9. The van der Waals surface area contributed by atoms with Gasteiger partial charge in [-0.3, -0.25) is 14.9 Å². The van der Waals surface area contributed by atoms with Crippen molar-refractivity contribution in [2.24, 2.45) is 0 Å². The van der Waals surface area contributed by atoms with Gasteiger partial charge in [-0.25, -0.2) is 14.5 Å². The molecular weight excluding hydrogens is 580 g/mol. The largest absolute Gasteiger partial charge is 0.423 e. The monoisotopic (exact) mass is 594 g/mol. The molecule has 0 saturated carbocycles. The van der Waals surface area contributed by atoms with E-state index < -0.39 is 23.8 Å². The zero-order valence-electron chi connectivity index (χ0n) is 17.9. The molecule has 4 amide bonds. The van der Waals surface area contributed by atoms with Crippen LogP contribution in [0, 0.1) is 0 Å². The molecule has 35 heavy (non-hydrogen) atoms. The van der Waals surface area contributed by atoms with Crippen molar-refractivity contribution >= 4 is 73.5 Å². The van der Waals surface area contributed by atoms with Crippen LogP contribution in [0.25, 0.3) is 12.2 Å². The molecule has 0 atom stereocenters. The maximum Gasteiger partial charge on any atom is 0.336 e. The lowest BCUT2D eigenvalue weighted by atomic mass is 10.1. The second-order valence-electron chi connectivity index (χ2n) is 7.28. The average molecular weight is 596 g/mol. The average Bonchev–Trinajstić information content (AvgIpc) is 2.84. The molecule has 0 radical (unpaired) electrons. The number of urea groups is 1. The van der Waals surface area contributed by atoms with Crippen molar-refractivity contribution in [2.75, 3.05) is 4.90 Å². The first-order valence-corrected chi connectivity index (χ1v) is 11.8. The van der Waals surface area contributed by atoms with Crippen molar-refractivity contribution < 1.29 is 23.9 Å². The van der Waals surface area contributed by atoms with Gasteiger partial charge in [0.05, 0.1) is 5.69 Å². The van der Waals surface area contributed by atoms with Crippen LogP contribution in [-0.4, -0.2) is 23.8 Å². The summed E-state index contributed by atoms with van der Waals surface area (Å²) in [5.74, 6) is -2.16. The van der Waals surface area contributed by atoms with Crippen LogP contribution in [0.5, 0.6) is 5.75 Å². The Labute approximate surface area is 217 Å². The number of ether oxygens (including phenoxy) is 1. The number of halogens is 2. The van der Waals surface area contributed by atoms with Gasteiger partial charge in [0.1, 0.15) is 11.3 Å². The van der Waals surface area contributed by atoms with E-state index in [2.05, 4.69) is 37.2 Å². The molecule has 4 rings (SSSR count). The maximum absolute atomic E-state index is 13.1. The van der Waals surface area contributed by atoms with Crippen LogP contribution in [0.4, 0.5) is 10.5 Å². The number of hydrogen-bond donors (Lipinski definition) is 1. The summed E-state index contributed by atoms with van der Waals surface area (Å²) in [6.45, 7) is 0. The van der Waals surface area contributed by atoms with E-state index in [4.69, 9.17) is 4.74 Å². The second-order valence-corrected chi connectivity index (χ2v) is 9.11. The molecule has 174 valence electrons. The smallest absolute Gasteiger partial charge is 0.336 e. The first-order valence-electron chi connectivity index (χ1n) is 10.2. The lowest BCUT2D eigenvalue weighted by Crippen LogP contribution is -2.54. The first kappa shape index (κ1) is 24.3. The lowest BCUT2D eigenvalue weighted by molar-refractivity contribution is -0.129. The summed E-state index contributed by atoms with van der Waals surface area (Å²) in [6.07, 6.45) is 4.17. The van der Waals surface area contributed by atoms with Gasteiger partial charge in [-0.1, -0.05) is 62.2 Å². The zero-order chi connectivity index (χ0) is 24.9. The molecule has 0 unspecified atom stereocenters. The van der Waals surface area contributed by atoms with Gasteiger partial charge in [-0.05, 0) is 60.2 Å². The number of benzene rings is 3. The summed E-state index contributed by atoms with van der Waals surface area (Å²) < 4.78 is 6.86. The fourth-order valence-corrected chi connectivity index (χ4v) is 3.88. The molecule has 9 heteroatoms. The van der Waals surface area contributed by atoms with Crippen LogP contribution in [-0.2, 0) is 14.4 Å². The number of imide groups is 2. The standard InChI is InChI=1S/C26H16Br2N2O5/c27-18-7-10-20(11-8-18)30-25(33)21(24(32)29-26(30)34)15-17-14-19(28)9-12-22(17)35-23(31)13-6-16-4-2-1-3-5-16/h1-15H,(H,29,32,34)/b13-6+,21-15-. The molecule has 3 aromatic carbocycles. The fraction of sp³-hybridized carbons (Fsp3) is 0. The quantitative estimate of drug-likeness (QED) is 0.182. The Kier molecular flexibility index (Phi) is 7.38. The summed E-state index contributed by atoms with van der Waals surface area (Å²) in [5, 5.41) is 2.17. The molecule has 7 nitrogen and oxygen atoms in total. The summed E-state index contributed by atoms with van der Waals surface area (Å²) >= 11 is 6.65. The topological polar surface area (TPSA) is 92.8 Å². The normalized spacial score (nSPS) is 15.0. The van der Waals surface area contributed by atoms with Crippen molar-refractivity contribution in [1.82, 2.24) is 5.32 Å². The van der Waals surface area contributed by atoms with Gasteiger partial charge in [-0.15, -0.1) is 0 Å². The van der Waals surface area contributed by atoms with Gasteiger partial charge >= 0.3 is 12.0 Å². The highest BCUT2D eigenvalue weighted by Crippen LogP contribution is 2.28. The zero-order valence-corrected chi connectivity index (χ0v) is 21.1. The van der Waals surface area contributed by atoms with Crippen LogP contribution in [0.1, 0.15) is 11.1 Å². The Bertz CT molecular complexity index is 1380. The lowest BCUT2D eigenvalue weighted by Gasteiger charge is -2.26. The summed E-state index contributed by atoms with van der Waals surface area (Å²) in [7, 11) is 0. The van der Waals surface area contributed by atoms with Crippen LogP contribution in [0.3, 0.4) is 0 Å². The summed E-state index contributed by atoms with van der Waals surface area (Å²) in [4.78, 5) is 51.4. The molecule has 1 aliphatic heterocycles. The molecule has 1 fully saturated rings. The molecule has 0 spiro atoms. The Morgan fingerprint density at radius 2 is 1.57 bits per heavy atom. The third kappa shape index (κ3) is 5.82. The third-order valence-electron chi connectivity index (χ3n) is 4.88. The summed E-state index contributed by atoms with van der Waals surface area (Å²) in [6, 6.07) is 19.7. The van der Waals surface area contributed by atoms with Crippen molar-refractivity contribution in [3.63, 3.8) is 0 Å². The Morgan fingerprint density at radius 1 is 0.886 bits per heavy atom. The first-order chi connectivity index (χ1) is 16.8. The van der Waals surface area contributed by atoms with Crippen LogP contribution < -0.4 is 15.0 Å². The van der Waals surface area contributed by atoms with Crippen LogP contribution >= 0.6 is 31.9 Å². The highest BCUT2D eigenvalue weighted by molar-refractivity contribution is 9.10. The Morgan fingerprint density at radius 3 is 2.29 bits per heavy atom. The van der Waals surface area contributed by atoms with Gasteiger partial charge in [-0.2, -0.15) is 0 Å². The van der Waals surface area contributed by atoms with E-state index in [9.17, 15) is 19.2 Å². The molecular formula is C26H16Br2N2O5. The number of carbonyl (C=O) groups is 4. The minimum atomic E-state index is -0.855. The van der Waals surface area contributed by atoms with Gasteiger partial charge in [0.2, 0.25) is 0 Å². The van der Waals surface area contributed by atoms with E-state index in [0.29, 0.717) is 15.7 Å². The molecule has 0 bridgehead atoms. The van der Waals surface area contributed by atoms with Crippen LogP contribution in [0.15, 0.2) is 93.4 Å². The van der Waals surface area contributed by atoms with E-state index in [-0.39, 0.29) is 11.3 Å². The van der Waals surface area contributed by atoms with Crippen LogP contribution in [0.2, 0.25) is 0 Å². The number of carbonyl (C=O) groups excluding carboxylic acids is 4. The molecule has 1 aliphatic rings. The van der Waals surface area contributed by atoms with E-state index >= 15 is 0 Å². The number of amides is 4. The SMILES string of the molecule is O=C(/C=C/c1ccccc1)Oc1ccc(Br)cc1/C=C1/C(=O)NC(=O)N(c2ccc(Br)cc2)C1=O. The maximum atomic E-state index is 13.1. The number of nitrogens with zero attached hydrogens (tertiary/aromatic N) is 1. The van der Waals surface area contributed by atoms with E-state index in [0.717, 1.165) is 14.9 Å². The molecule has 3 aromatic rings. The number of nitrogens with one attached hydrogen (secondary N) is 1. The molecule has 1 saturated heterocycles. The van der Waals surface area contributed by atoms with Gasteiger partial charge < -0.3 is 4.74 Å². The van der Waals surface area contributed by atoms with Crippen molar-refractivity contribution in [3.05, 3.63) is 105 Å². The molecule has 0 aliphatic carbocycles. The molecule has 0 aromatic heterocycles. The minimum absolute atomic E-state index is 0.135. The number of barbiturate groups is 1.